The molecule has 1 N–H and O–H groups in total. The largest absolute Gasteiger partial charge is 0.340 e. The smallest absolute Gasteiger partial charge is 0.236 e. The van der Waals surface area contributed by atoms with Gasteiger partial charge in [0.25, 0.3) is 0 Å². The highest BCUT2D eigenvalue weighted by molar-refractivity contribution is 7.98. The predicted octanol–water partition coefficient (Wildman–Crippen LogP) is 3.56. The van der Waals surface area contributed by atoms with Crippen molar-refractivity contribution in [2.75, 3.05) is 25.6 Å². The van der Waals surface area contributed by atoms with Crippen LogP contribution >= 0.6 is 23.4 Å². The van der Waals surface area contributed by atoms with Crippen molar-refractivity contribution in [1.29, 1.82) is 0 Å². The standard InChI is InChI=1S/C20H23ClFN5OS/c1-26(13-14-15(21)6-5-7-16(14)22)19(28)12-23-17(9-11-29-2)20-25-24-18-8-3-4-10-27(18)20/h3-8,10,17,23H,9,11-13H2,1-2H3/t17-/m0/s1. The first-order valence-electron chi connectivity index (χ1n) is 9.20. The van der Waals surface area contributed by atoms with Gasteiger partial charge in [-0.15, -0.1) is 10.2 Å². The molecule has 29 heavy (non-hydrogen) atoms. The summed E-state index contributed by atoms with van der Waals surface area (Å²) in [5.74, 6) is 1.10. The summed E-state index contributed by atoms with van der Waals surface area (Å²) < 4.78 is 15.9. The number of thioether (sulfide) groups is 1. The van der Waals surface area contributed by atoms with E-state index in [1.165, 1.54) is 11.0 Å². The van der Waals surface area contributed by atoms with E-state index >= 15 is 0 Å². The molecule has 3 aromatic rings. The number of hydrogen-bond donors (Lipinski definition) is 1. The van der Waals surface area contributed by atoms with Gasteiger partial charge in [0.15, 0.2) is 11.5 Å². The zero-order chi connectivity index (χ0) is 20.8. The Morgan fingerprint density at radius 2 is 2.14 bits per heavy atom. The maximum Gasteiger partial charge on any atom is 0.236 e. The summed E-state index contributed by atoms with van der Waals surface area (Å²) in [6, 6.07) is 10.1. The van der Waals surface area contributed by atoms with E-state index < -0.39 is 5.82 Å². The molecule has 154 valence electrons. The Balaban J connectivity index is 1.68. The quantitative estimate of drug-likeness (QED) is 0.556. The topological polar surface area (TPSA) is 62.5 Å². The van der Waals surface area contributed by atoms with E-state index in [9.17, 15) is 9.18 Å². The second-order valence-electron chi connectivity index (χ2n) is 6.65. The first-order valence-corrected chi connectivity index (χ1v) is 11.0. The van der Waals surface area contributed by atoms with Crippen LogP contribution in [0.15, 0.2) is 42.6 Å². The zero-order valence-electron chi connectivity index (χ0n) is 16.3. The van der Waals surface area contributed by atoms with Gasteiger partial charge in [-0.1, -0.05) is 23.7 Å². The summed E-state index contributed by atoms with van der Waals surface area (Å²) in [6.45, 7) is 0.207. The number of amides is 1. The molecule has 0 fully saturated rings. The number of carbonyl (C=O) groups excluding carboxylic acids is 1. The fourth-order valence-electron chi connectivity index (χ4n) is 3.01. The monoisotopic (exact) mass is 435 g/mol. The Morgan fingerprint density at radius 1 is 1.31 bits per heavy atom. The zero-order valence-corrected chi connectivity index (χ0v) is 17.9. The minimum Gasteiger partial charge on any atom is -0.340 e. The lowest BCUT2D eigenvalue weighted by molar-refractivity contribution is -0.129. The SMILES string of the molecule is CSCC[C@H](NCC(=O)N(C)Cc1c(F)cccc1Cl)c1nnc2ccccn12. The van der Waals surface area contributed by atoms with Crippen LogP contribution < -0.4 is 5.32 Å². The van der Waals surface area contributed by atoms with Crippen LogP contribution in [0.1, 0.15) is 23.9 Å². The maximum atomic E-state index is 14.0. The Morgan fingerprint density at radius 3 is 2.90 bits per heavy atom. The van der Waals surface area contributed by atoms with E-state index in [4.69, 9.17) is 11.6 Å². The van der Waals surface area contributed by atoms with E-state index in [0.29, 0.717) is 10.6 Å². The van der Waals surface area contributed by atoms with E-state index in [1.807, 2.05) is 35.1 Å². The molecule has 1 aromatic carbocycles. The number of halogens is 2. The highest BCUT2D eigenvalue weighted by Gasteiger charge is 2.20. The van der Waals surface area contributed by atoms with Crippen molar-refractivity contribution in [3.8, 4) is 0 Å². The molecule has 0 aliphatic heterocycles. The van der Waals surface area contributed by atoms with E-state index in [0.717, 1.165) is 23.6 Å². The number of fused-ring (bicyclic) bond motifs is 1. The predicted molar refractivity (Wildman–Crippen MR) is 115 cm³/mol. The van der Waals surface area contributed by atoms with E-state index in [2.05, 4.69) is 15.5 Å². The van der Waals surface area contributed by atoms with Gasteiger partial charge in [-0.05, 0) is 42.7 Å². The summed E-state index contributed by atoms with van der Waals surface area (Å²) >= 11 is 7.80. The molecule has 0 saturated carbocycles. The molecular weight excluding hydrogens is 413 g/mol. The highest BCUT2D eigenvalue weighted by atomic mass is 35.5. The second-order valence-corrected chi connectivity index (χ2v) is 8.04. The summed E-state index contributed by atoms with van der Waals surface area (Å²) in [5.41, 5.74) is 1.07. The van der Waals surface area contributed by atoms with Crippen molar-refractivity contribution in [2.45, 2.75) is 19.0 Å². The molecule has 9 heteroatoms. The van der Waals surface area contributed by atoms with Gasteiger partial charge in [0.05, 0.1) is 12.6 Å². The number of nitrogens with zero attached hydrogens (tertiary/aromatic N) is 4. The number of carbonyl (C=O) groups is 1. The molecule has 1 amide bonds. The minimum absolute atomic E-state index is 0.101. The molecule has 0 saturated heterocycles. The number of nitrogens with one attached hydrogen (secondary N) is 1. The molecule has 0 bridgehead atoms. The Bertz CT molecular complexity index is 962. The number of rotatable bonds is 9. The van der Waals surface area contributed by atoms with Crippen molar-refractivity contribution in [3.05, 3.63) is 64.8 Å². The van der Waals surface area contributed by atoms with Gasteiger partial charge >= 0.3 is 0 Å². The normalized spacial score (nSPS) is 12.3. The molecular formula is C20H23ClFN5OS. The number of aromatic nitrogens is 3. The van der Waals surface area contributed by atoms with Gasteiger partial charge in [0.2, 0.25) is 5.91 Å². The van der Waals surface area contributed by atoms with Gasteiger partial charge in [-0.3, -0.25) is 14.5 Å². The molecule has 2 heterocycles. The molecule has 6 nitrogen and oxygen atoms in total. The van der Waals surface area contributed by atoms with Crippen LogP contribution in [0.2, 0.25) is 5.02 Å². The third kappa shape index (κ3) is 5.26. The van der Waals surface area contributed by atoms with Crippen LogP contribution in [0.4, 0.5) is 4.39 Å². The first-order chi connectivity index (χ1) is 14.0. The van der Waals surface area contributed by atoms with Crippen LogP contribution in [0.25, 0.3) is 5.65 Å². The van der Waals surface area contributed by atoms with Crippen LogP contribution in [-0.4, -0.2) is 51.0 Å². The van der Waals surface area contributed by atoms with Crippen molar-refractivity contribution < 1.29 is 9.18 Å². The molecule has 0 aliphatic rings. The molecule has 0 unspecified atom stereocenters. The highest BCUT2D eigenvalue weighted by Crippen LogP contribution is 2.21. The third-order valence-corrected chi connectivity index (χ3v) is 5.64. The van der Waals surface area contributed by atoms with Crippen LogP contribution in [-0.2, 0) is 11.3 Å². The first kappa shape index (κ1) is 21.5. The van der Waals surface area contributed by atoms with Crippen LogP contribution in [0, 0.1) is 5.82 Å². The number of benzene rings is 1. The summed E-state index contributed by atoms with van der Waals surface area (Å²) in [6.07, 6.45) is 4.75. The molecule has 2 aromatic heterocycles. The summed E-state index contributed by atoms with van der Waals surface area (Å²) in [5, 5.41) is 12.1. The summed E-state index contributed by atoms with van der Waals surface area (Å²) in [7, 11) is 1.64. The van der Waals surface area contributed by atoms with E-state index in [1.54, 1.807) is 30.9 Å². The van der Waals surface area contributed by atoms with Crippen molar-refractivity contribution >= 4 is 34.9 Å². The molecule has 0 radical (unpaired) electrons. The number of hydrogen-bond acceptors (Lipinski definition) is 5. The van der Waals surface area contributed by atoms with Crippen molar-refractivity contribution in [2.24, 2.45) is 0 Å². The average Bonchev–Trinajstić information content (AvgIpc) is 3.14. The Kier molecular flexibility index (Phi) is 7.46. The molecule has 0 spiro atoms. The van der Waals surface area contributed by atoms with Crippen molar-refractivity contribution in [1.82, 2.24) is 24.8 Å². The van der Waals surface area contributed by atoms with Crippen LogP contribution in [0.5, 0.6) is 0 Å². The fraction of sp³-hybridized carbons (Fsp3) is 0.350. The van der Waals surface area contributed by atoms with E-state index in [-0.39, 0.29) is 25.0 Å². The van der Waals surface area contributed by atoms with Gasteiger partial charge < -0.3 is 4.90 Å². The average molecular weight is 436 g/mol. The summed E-state index contributed by atoms with van der Waals surface area (Å²) in [4.78, 5) is 14.1. The minimum atomic E-state index is -0.419. The lowest BCUT2D eigenvalue weighted by Crippen LogP contribution is -2.37. The van der Waals surface area contributed by atoms with Gasteiger partial charge in [0.1, 0.15) is 5.82 Å². The maximum absolute atomic E-state index is 14.0. The Hall–Kier alpha value is -2.16. The van der Waals surface area contributed by atoms with Gasteiger partial charge in [0, 0.05) is 30.4 Å². The number of likely N-dealkylation sites (N-methyl/N-ethyl adjacent to an activating group) is 1. The number of pyridine rings is 1. The van der Waals surface area contributed by atoms with Crippen molar-refractivity contribution in [3.63, 3.8) is 0 Å². The third-order valence-electron chi connectivity index (χ3n) is 4.64. The Labute approximate surface area is 178 Å². The second kappa shape index (κ2) is 10.0. The van der Waals surface area contributed by atoms with Gasteiger partial charge in [-0.2, -0.15) is 11.8 Å². The lowest BCUT2D eigenvalue weighted by Gasteiger charge is -2.21. The van der Waals surface area contributed by atoms with Gasteiger partial charge in [-0.25, -0.2) is 4.39 Å². The lowest BCUT2D eigenvalue weighted by atomic mass is 10.2. The fourth-order valence-corrected chi connectivity index (χ4v) is 3.70. The van der Waals surface area contributed by atoms with Crippen LogP contribution in [0.3, 0.4) is 0 Å². The molecule has 1 atom stereocenters. The molecule has 0 aliphatic carbocycles. The molecule has 3 rings (SSSR count).